The van der Waals surface area contributed by atoms with E-state index >= 15 is 0 Å². The second kappa shape index (κ2) is 6.05. The van der Waals surface area contributed by atoms with Crippen LogP contribution in [0.4, 0.5) is 0 Å². The van der Waals surface area contributed by atoms with Crippen LogP contribution in [0.1, 0.15) is 0 Å². The van der Waals surface area contributed by atoms with Gasteiger partial charge in [0, 0.05) is 11.6 Å². The van der Waals surface area contributed by atoms with Crippen molar-refractivity contribution in [3.05, 3.63) is 34.8 Å². The zero-order chi connectivity index (χ0) is 14.7. The molecule has 0 bridgehead atoms. The number of benzene rings is 2. The van der Waals surface area contributed by atoms with E-state index < -0.39 is 0 Å². The molecule has 0 aliphatic rings. The van der Waals surface area contributed by atoms with Crippen LogP contribution >= 0.6 is 15.9 Å². The second-order valence-electron chi connectivity index (χ2n) is 4.05. The quantitative estimate of drug-likeness (QED) is 0.919. The average molecular weight is 339 g/mol. The molecule has 0 amide bonds. The molecule has 2 aromatic rings. The minimum atomic E-state index is 0.125. The zero-order valence-electron chi connectivity index (χ0n) is 11.4. The van der Waals surface area contributed by atoms with Crippen molar-refractivity contribution in [2.75, 3.05) is 21.3 Å². The summed E-state index contributed by atoms with van der Waals surface area (Å²) in [5.41, 5.74) is 1.32. The summed E-state index contributed by atoms with van der Waals surface area (Å²) in [6.07, 6.45) is 0. The Balaban J connectivity index is 2.75. The first-order valence-electron chi connectivity index (χ1n) is 5.90. The summed E-state index contributed by atoms with van der Waals surface area (Å²) in [6, 6.07) is 8.69. The average Bonchev–Trinajstić information content (AvgIpc) is 2.47. The highest BCUT2D eigenvalue weighted by molar-refractivity contribution is 9.10. The van der Waals surface area contributed by atoms with Crippen LogP contribution in [0, 0.1) is 0 Å². The van der Waals surface area contributed by atoms with Gasteiger partial charge in [-0.2, -0.15) is 0 Å². The number of aromatic hydroxyl groups is 1. The SMILES string of the molecule is COc1cc(OC)c(Br)c(-c2c(O)cccc2OC)c1. The fourth-order valence-corrected chi connectivity index (χ4v) is 2.57. The van der Waals surface area contributed by atoms with Gasteiger partial charge >= 0.3 is 0 Å². The standard InChI is InChI=1S/C15H15BrO4/c1-18-9-7-10(15(16)13(8-9)20-3)14-11(17)5-4-6-12(14)19-2/h4-8,17H,1-3H3. The Morgan fingerprint density at radius 2 is 1.65 bits per heavy atom. The summed E-state index contributed by atoms with van der Waals surface area (Å²) >= 11 is 3.49. The van der Waals surface area contributed by atoms with E-state index in [4.69, 9.17) is 14.2 Å². The van der Waals surface area contributed by atoms with Crippen LogP contribution in [-0.2, 0) is 0 Å². The fourth-order valence-electron chi connectivity index (χ4n) is 1.98. The summed E-state index contributed by atoms with van der Waals surface area (Å²) in [5.74, 6) is 1.94. The normalized spacial score (nSPS) is 10.2. The molecule has 2 aromatic carbocycles. The molecule has 0 heterocycles. The number of phenols is 1. The highest BCUT2D eigenvalue weighted by Gasteiger charge is 2.18. The lowest BCUT2D eigenvalue weighted by molar-refractivity contribution is 0.392. The van der Waals surface area contributed by atoms with E-state index in [1.165, 1.54) is 0 Å². The molecule has 2 rings (SSSR count). The topological polar surface area (TPSA) is 47.9 Å². The monoisotopic (exact) mass is 338 g/mol. The van der Waals surface area contributed by atoms with Crippen LogP contribution in [0.2, 0.25) is 0 Å². The first kappa shape index (κ1) is 14.5. The summed E-state index contributed by atoms with van der Waals surface area (Å²) in [6.45, 7) is 0. The minimum Gasteiger partial charge on any atom is -0.507 e. The van der Waals surface area contributed by atoms with E-state index in [1.807, 2.05) is 6.07 Å². The van der Waals surface area contributed by atoms with Crippen molar-refractivity contribution in [3.8, 4) is 34.1 Å². The van der Waals surface area contributed by atoms with E-state index in [0.717, 1.165) is 10.0 Å². The molecule has 0 aliphatic heterocycles. The highest BCUT2D eigenvalue weighted by atomic mass is 79.9. The third-order valence-corrected chi connectivity index (χ3v) is 3.78. The van der Waals surface area contributed by atoms with Crippen molar-refractivity contribution < 1.29 is 19.3 Å². The Morgan fingerprint density at radius 3 is 2.25 bits per heavy atom. The molecular formula is C15H15BrO4. The molecule has 0 saturated carbocycles. The molecule has 0 unspecified atom stereocenters. The molecule has 0 spiro atoms. The molecule has 0 fully saturated rings. The van der Waals surface area contributed by atoms with Gasteiger partial charge in [0.1, 0.15) is 23.0 Å². The Hall–Kier alpha value is -1.88. The van der Waals surface area contributed by atoms with Gasteiger partial charge in [-0.1, -0.05) is 6.07 Å². The van der Waals surface area contributed by atoms with Crippen LogP contribution in [-0.4, -0.2) is 26.4 Å². The molecule has 1 N–H and O–H groups in total. The molecule has 4 nitrogen and oxygen atoms in total. The number of ether oxygens (including phenoxy) is 3. The number of phenolic OH excluding ortho intramolecular Hbond substituents is 1. The Kier molecular flexibility index (Phi) is 4.39. The predicted molar refractivity (Wildman–Crippen MR) is 80.9 cm³/mol. The third-order valence-electron chi connectivity index (χ3n) is 2.96. The van der Waals surface area contributed by atoms with Gasteiger partial charge in [0.15, 0.2) is 0 Å². The van der Waals surface area contributed by atoms with Gasteiger partial charge in [0.2, 0.25) is 0 Å². The van der Waals surface area contributed by atoms with E-state index in [-0.39, 0.29) is 5.75 Å². The Bertz CT molecular complexity index is 626. The third kappa shape index (κ3) is 2.54. The maximum atomic E-state index is 10.1. The van der Waals surface area contributed by atoms with Crippen molar-refractivity contribution in [2.24, 2.45) is 0 Å². The predicted octanol–water partition coefficient (Wildman–Crippen LogP) is 3.85. The molecule has 0 aromatic heterocycles. The van der Waals surface area contributed by atoms with Gasteiger partial charge in [-0.05, 0) is 34.1 Å². The van der Waals surface area contributed by atoms with Crippen molar-refractivity contribution in [1.82, 2.24) is 0 Å². The maximum Gasteiger partial charge on any atom is 0.137 e. The van der Waals surface area contributed by atoms with Crippen LogP contribution in [0.15, 0.2) is 34.8 Å². The van der Waals surface area contributed by atoms with E-state index in [0.29, 0.717) is 22.8 Å². The van der Waals surface area contributed by atoms with Crippen LogP contribution < -0.4 is 14.2 Å². The number of hydrogen-bond acceptors (Lipinski definition) is 4. The molecule has 20 heavy (non-hydrogen) atoms. The highest BCUT2D eigenvalue weighted by Crippen LogP contribution is 2.46. The van der Waals surface area contributed by atoms with Gasteiger partial charge in [-0.3, -0.25) is 0 Å². The summed E-state index contributed by atoms with van der Waals surface area (Å²) in [7, 11) is 4.71. The first-order chi connectivity index (χ1) is 9.62. The molecule has 0 aliphatic carbocycles. The second-order valence-corrected chi connectivity index (χ2v) is 4.84. The molecule has 0 saturated heterocycles. The van der Waals surface area contributed by atoms with Crippen molar-refractivity contribution in [1.29, 1.82) is 0 Å². The van der Waals surface area contributed by atoms with Crippen molar-refractivity contribution in [2.45, 2.75) is 0 Å². The van der Waals surface area contributed by atoms with Crippen molar-refractivity contribution in [3.63, 3.8) is 0 Å². The van der Waals surface area contributed by atoms with Gasteiger partial charge in [-0.25, -0.2) is 0 Å². The lowest BCUT2D eigenvalue weighted by Gasteiger charge is -2.15. The number of methoxy groups -OCH3 is 3. The smallest absolute Gasteiger partial charge is 0.137 e. The zero-order valence-corrected chi connectivity index (χ0v) is 13.0. The molecule has 0 atom stereocenters. The lowest BCUT2D eigenvalue weighted by Crippen LogP contribution is -1.94. The molecule has 106 valence electrons. The lowest BCUT2D eigenvalue weighted by atomic mass is 10.0. The fraction of sp³-hybridized carbons (Fsp3) is 0.200. The van der Waals surface area contributed by atoms with Gasteiger partial charge in [0.25, 0.3) is 0 Å². The van der Waals surface area contributed by atoms with E-state index in [2.05, 4.69) is 15.9 Å². The molecule has 5 heteroatoms. The van der Waals surface area contributed by atoms with Crippen LogP contribution in [0.5, 0.6) is 23.0 Å². The largest absolute Gasteiger partial charge is 0.507 e. The Morgan fingerprint density at radius 1 is 0.950 bits per heavy atom. The van der Waals surface area contributed by atoms with Crippen LogP contribution in [0.25, 0.3) is 11.1 Å². The Labute approximate surface area is 126 Å². The van der Waals surface area contributed by atoms with Crippen molar-refractivity contribution >= 4 is 15.9 Å². The number of halogens is 1. The number of rotatable bonds is 4. The number of hydrogen-bond donors (Lipinski definition) is 1. The molecule has 0 radical (unpaired) electrons. The minimum absolute atomic E-state index is 0.125. The summed E-state index contributed by atoms with van der Waals surface area (Å²) in [4.78, 5) is 0. The first-order valence-corrected chi connectivity index (χ1v) is 6.69. The summed E-state index contributed by atoms with van der Waals surface area (Å²) in [5, 5.41) is 10.1. The summed E-state index contributed by atoms with van der Waals surface area (Å²) < 4.78 is 16.6. The molecular weight excluding hydrogens is 324 g/mol. The van der Waals surface area contributed by atoms with Gasteiger partial charge in [-0.15, -0.1) is 0 Å². The maximum absolute atomic E-state index is 10.1. The van der Waals surface area contributed by atoms with Crippen LogP contribution in [0.3, 0.4) is 0 Å². The van der Waals surface area contributed by atoms with E-state index in [1.54, 1.807) is 45.6 Å². The van der Waals surface area contributed by atoms with E-state index in [9.17, 15) is 5.11 Å². The van der Waals surface area contributed by atoms with Gasteiger partial charge in [0.05, 0.1) is 31.4 Å². The van der Waals surface area contributed by atoms with Gasteiger partial charge < -0.3 is 19.3 Å².